The van der Waals surface area contributed by atoms with Gasteiger partial charge in [-0.15, -0.1) is 6.58 Å². The summed E-state index contributed by atoms with van der Waals surface area (Å²) in [6, 6.07) is 0. The molecule has 0 unspecified atom stereocenters. The lowest BCUT2D eigenvalue weighted by molar-refractivity contribution is -0.159. The largest absolute Gasteiger partial charge is 0.479 e. The number of aliphatic carboxylic acids is 1. The van der Waals surface area contributed by atoms with Crippen LogP contribution in [0.5, 0.6) is 0 Å². The Morgan fingerprint density at radius 2 is 2.50 bits per heavy atom. The molecule has 0 rings (SSSR count). The summed E-state index contributed by atoms with van der Waals surface area (Å²) in [5.41, 5.74) is -1.54. The zero-order valence-corrected chi connectivity index (χ0v) is 6.05. The molecule has 0 aliphatic heterocycles. The maximum atomic E-state index is 10.5. The first-order valence-corrected chi connectivity index (χ1v) is 2.78. The van der Waals surface area contributed by atoms with Gasteiger partial charge in [0.15, 0.2) is 5.60 Å². The molecule has 0 aromatic heterocycles. The van der Waals surface area contributed by atoms with E-state index in [0.29, 0.717) is 0 Å². The molecule has 0 fully saturated rings. The highest BCUT2D eigenvalue weighted by atomic mass is 16.5. The van der Waals surface area contributed by atoms with E-state index in [0.717, 1.165) is 6.08 Å². The highest BCUT2D eigenvalue weighted by Crippen LogP contribution is 2.07. The Hall–Kier alpha value is -0.830. The van der Waals surface area contributed by atoms with Crippen LogP contribution in [0.25, 0.3) is 0 Å². The van der Waals surface area contributed by atoms with Gasteiger partial charge < -0.3 is 9.84 Å². The molecule has 0 aromatic rings. The molecule has 3 nitrogen and oxygen atoms in total. The standard InChI is InChI=1S/C7H12O3/c1-4-5-10-7(2,3)6(8)9/h4H,1,5H2,2-3H3,(H,8,9)/i5D2. The van der Waals surface area contributed by atoms with Crippen molar-refractivity contribution in [3.05, 3.63) is 12.7 Å². The van der Waals surface area contributed by atoms with Gasteiger partial charge in [0.1, 0.15) is 0 Å². The van der Waals surface area contributed by atoms with Crippen LogP contribution in [-0.4, -0.2) is 23.2 Å². The molecule has 0 aliphatic rings. The minimum absolute atomic E-state index is 0.914. The summed E-state index contributed by atoms with van der Waals surface area (Å²) in [5, 5.41) is 8.57. The normalized spacial score (nSPS) is 15.4. The van der Waals surface area contributed by atoms with Gasteiger partial charge in [0.25, 0.3) is 0 Å². The molecule has 1 N–H and O–H groups in total. The van der Waals surface area contributed by atoms with Crippen LogP contribution in [0.4, 0.5) is 0 Å². The lowest BCUT2D eigenvalue weighted by Crippen LogP contribution is -2.34. The van der Waals surface area contributed by atoms with Gasteiger partial charge in [0.2, 0.25) is 0 Å². The number of rotatable bonds is 4. The number of hydrogen-bond acceptors (Lipinski definition) is 2. The third-order valence-electron chi connectivity index (χ3n) is 0.912. The van der Waals surface area contributed by atoms with E-state index in [-0.39, 0.29) is 0 Å². The van der Waals surface area contributed by atoms with E-state index >= 15 is 0 Å². The van der Waals surface area contributed by atoms with Crippen molar-refractivity contribution in [1.82, 2.24) is 0 Å². The number of carboxylic acids is 1. The van der Waals surface area contributed by atoms with E-state index in [1.54, 1.807) is 0 Å². The number of carboxylic acid groups (broad SMARTS) is 1. The molecule has 58 valence electrons. The van der Waals surface area contributed by atoms with Crippen LogP contribution in [0.1, 0.15) is 16.6 Å². The number of ether oxygens (including phenoxy) is 1. The Labute approximate surface area is 63.1 Å². The topological polar surface area (TPSA) is 46.5 Å². The van der Waals surface area contributed by atoms with Crippen LogP contribution in [0, 0.1) is 0 Å². The van der Waals surface area contributed by atoms with Gasteiger partial charge in [-0.3, -0.25) is 0 Å². The zero-order valence-electron chi connectivity index (χ0n) is 8.05. The lowest BCUT2D eigenvalue weighted by Gasteiger charge is -2.18. The highest BCUT2D eigenvalue weighted by Gasteiger charge is 2.26. The van der Waals surface area contributed by atoms with Crippen molar-refractivity contribution in [2.75, 3.05) is 6.56 Å². The van der Waals surface area contributed by atoms with E-state index < -0.39 is 18.1 Å². The molecular formula is C7H12O3. The second-order valence-electron chi connectivity index (χ2n) is 2.24. The molecule has 0 heterocycles. The molecule has 0 saturated heterocycles. The fourth-order valence-electron chi connectivity index (χ4n) is 0.233. The maximum Gasteiger partial charge on any atom is 0.335 e. The van der Waals surface area contributed by atoms with Crippen LogP contribution in [0.15, 0.2) is 12.7 Å². The Kier molecular flexibility index (Phi) is 1.99. The maximum absolute atomic E-state index is 10.5. The van der Waals surface area contributed by atoms with Crippen molar-refractivity contribution < 1.29 is 17.4 Å². The number of hydrogen-bond donors (Lipinski definition) is 1. The van der Waals surface area contributed by atoms with Crippen molar-refractivity contribution in [2.24, 2.45) is 0 Å². The van der Waals surface area contributed by atoms with Crippen molar-refractivity contribution in [2.45, 2.75) is 19.4 Å². The van der Waals surface area contributed by atoms with E-state index in [4.69, 9.17) is 7.85 Å². The molecule has 0 spiro atoms. The van der Waals surface area contributed by atoms with E-state index in [9.17, 15) is 4.79 Å². The van der Waals surface area contributed by atoms with Crippen LogP contribution in [0.3, 0.4) is 0 Å². The SMILES string of the molecule is [2H]C([2H])(C=C)OC(C)(C)C(=O)O. The molecule has 0 bridgehead atoms. The van der Waals surface area contributed by atoms with Crippen molar-refractivity contribution in [3.8, 4) is 0 Å². The second-order valence-corrected chi connectivity index (χ2v) is 2.24. The molecular weight excluding hydrogens is 132 g/mol. The third-order valence-corrected chi connectivity index (χ3v) is 0.912. The monoisotopic (exact) mass is 146 g/mol. The minimum Gasteiger partial charge on any atom is -0.479 e. The summed E-state index contributed by atoms with van der Waals surface area (Å²) in [6.45, 7) is 3.62. The second kappa shape index (κ2) is 3.37. The Balaban J connectivity index is 4.44. The fraction of sp³-hybridized carbons (Fsp3) is 0.571. The molecule has 0 aliphatic carbocycles. The van der Waals surface area contributed by atoms with E-state index in [1.165, 1.54) is 13.8 Å². The van der Waals surface area contributed by atoms with Gasteiger partial charge in [-0.1, -0.05) is 6.08 Å². The van der Waals surface area contributed by atoms with Crippen molar-refractivity contribution >= 4 is 5.97 Å². The first-order valence-electron chi connectivity index (χ1n) is 3.78. The molecule has 0 atom stereocenters. The summed E-state index contributed by atoms with van der Waals surface area (Å²) in [5.74, 6) is -1.21. The smallest absolute Gasteiger partial charge is 0.335 e. The van der Waals surface area contributed by atoms with E-state index in [1.807, 2.05) is 0 Å². The first-order chi connectivity index (χ1) is 5.21. The lowest BCUT2D eigenvalue weighted by atomic mass is 10.1. The first kappa shape index (κ1) is 5.92. The van der Waals surface area contributed by atoms with Gasteiger partial charge in [-0.2, -0.15) is 0 Å². The minimum atomic E-state index is -2.11. The summed E-state index contributed by atoms with van der Waals surface area (Å²) in [7, 11) is 0. The molecule has 0 radical (unpaired) electrons. The van der Waals surface area contributed by atoms with Gasteiger partial charge >= 0.3 is 5.97 Å². The van der Waals surface area contributed by atoms with Crippen LogP contribution in [0.2, 0.25) is 0 Å². The van der Waals surface area contributed by atoms with Crippen molar-refractivity contribution in [1.29, 1.82) is 0 Å². The molecule has 0 aromatic carbocycles. The summed E-state index contributed by atoms with van der Waals surface area (Å²) >= 11 is 0. The predicted molar refractivity (Wildman–Crippen MR) is 37.9 cm³/mol. The zero-order chi connectivity index (χ0) is 9.99. The fourth-order valence-corrected chi connectivity index (χ4v) is 0.233. The van der Waals surface area contributed by atoms with Gasteiger partial charge in [0.05, 0.1) is 9.30 Å². The van der Waals surface area contributed by atoms with E-state index in [2.05, 4.69) is 11.3 Å². The molecule has 3 heteroatoms. The van der Waals surface area contributed by atoms with Gasteiger partial charge in [-0.05, 0) is 13.8 Å². The molecule has 10 heavy (non-hydrogen) atoms. The van der Waals surface area contributed by atoms with Gasteiger partial charge in [-0.25, -0.2) is 4.79 Å². The van der Waals surface area contributed by atoms with Crippen LogP contribution < -0.4 is 0 Å². The van der Waals surface area contributed by atoms with Crippen LogP contribution >= 0.6 is 0 Å². The average molecular weight is 146 g/mol. The summed E-state index contributed by atoms with van der Waals surface area (Å²) in [6.07, 6.45) is 0.914. The Bertz CT molecular complexity index is 199. The summed E-state index contributed by atoms with van der Waals surface area (Å²) < 4.78 is 18.8. The van der Waals surface area contributed by atoms with Crippen LogP contribution in [-0.2, 0) is 9.53 Å². The van der Waals surface area contributed by atoms with Crippen molar-refractivity contribution in [3.63, 3.8) is 0 Å². The van der Waals surface area contributed by atoms with Gasteiger partial charge in [0, 0.05) is 0 Å². The molecule has 0 amide bonds. The number of carbonyl (C=O) groups is 1. The highest BCUT2D eigenvalue weighted by molar-refractivity contribution is 5.76. The summed E-state index contributed by atoms with van der Waals surface area (Å²) in [4.78, 5) is 10.5. The average Bonchev–Trinajstić information content (AvgIpc) is 1.85. The Morgan fingerprint density at radius 3 is 2.80 bits per heavy atom. The third kappa shape index (κ3) is 2.64. The quantitative estimate of drug-likeness (QED) is 0.603. The molecule has 0 saturated carbocycles. The Morgan fingerprint density at radius 1 is 2.00 bits per heavy atom. The predicted octanol–water partition coefficient (Wildman–Crippen LogP) is 1.05.